The molecule has 128 valence electrons. The monoisotopic (exact) mass is 311 g/mol. The van der Waals surface area contributed by atoms with Gasteiger partial charge in [-0.15, -0.1) is 0 Å². The molecule has 0 bridgehead atoms. The molecule has 0 saturated carbocycles. The third kappa shape index (κ3) is 13.7. The third-order valence-corrected chi connectivity index (χ3v) is 3.79. The van der Waals surface area contributed by atoms with E-state index in [1.165, 1.54) is 44.9 Å². The lowest BCUT2D eigenvalue weighted by Crippen LogP contribution is -2.12. The maximum atomic E-state index is 10.6. The van der Waals surface area contributed by atoms with Gasteiger partial charge in [-0.25, -0.2) is 4.79 Å². The van der Waals surface area contributed by atoms with Crippen LogP contribution in [0.5, 0.6) is 0 Å². The van der Waals surface area contributed by atoms with E-state index >= 15 is 0 Å². The minimum atomic E-state index is -1.12. The van der Waals surface area contributed by atoms with Crippen LogP contribution in [0.25, 0.3) is 0 Å². The summed E-state index contributed by atoms with van der Waals surface area (Å²) < 4.78 is 0. The Morgan fingerprint density at radius 1 is 0.864 bits per heavy atom. The van der Waals surface area contributed by atoms with E-state index in [-0.39, 0.29) is 5.71 Å². The summed E-state index contributed by atoms with van der Waals surface area (Å²) in [5, 5.41) is 20.0. The number of hydrogen-bond donors (Lipinski definition) is 2. The van der Waals surface area contributed by atoms with Crippen molar-refractivity contribution < 1.29 is 15.1 Å². The first-order chi connectivity index (χ1) is 10.7. The summed E-state index contributed by atoms with van der Waals surface area (Å²) in [7, 11) is 0. The van der Waals surface area contributed by atoms with Crippen LogP contribution in [0.15, 0.2) is 17.3 Å². The average molecular weight is 311 g/mol. The summed E-state index contributed by atoms with van der Waals surface area (Å²) in [5.74, 6) is -1.12. The third-order valence-electron chi connectivity index (χ3n) is 3.79. The molecule has 0 heterocycles. The lowest BCUT2D eigenvalue weighted by molar-refractivity contribution is -0.129. The minimum Gasteiger partial charge on any atom is -0.477 e. The highest BCUT2D eigenvalue weighted by atomic mass is 16.4. The number of carboxylic acids is 1. The number of allylic oxidation sites excluding steroid dienone is 2. The summed E-state index contributed by atoms with van der Waals surface area (Å²) in [6.45, 7) is 2.24. The molecular weight excluding hydrogens is 278 g/mol. The van der Waals surface area contributed by atoms with Gasteiger partial charge in [0.25, 0.3) is 0 Å². The second-order valence-electron chi connectivity index (χ2n) is 5.83. The van der Waals surface area contributed by atoms with Crippen LogP contribution in [0.3, 0.4) is 0 Å². The van der Waals surface area contributed by atoms with Gasteiger partial charge in [0.2, 0.25) is 0 Å². The van der Waals surface area contributed by atoms with Crippen LogP contribution in [0, 0.1) is 0 Å². The van der Waals surface area contributed by atoms with Crippen molar-refractivity contribution in [3.05, 3.63) is 12.2 Å². The van der Waals surface area contributed by atoms with Gasteiger partial charge in [-0.05, 0) is 32.1 Å². The first-order valence-electron chi connectivity index (χ1n) is 8.81. The number of nitrogens with zero attached hydrogens (tertiary/aromatic N) is 1. The Morgan fingerprint density at radius 3 is 1.86 bits per heavy atom. The Bertz CT molecular complexity index is 324. The van der Waals surface area contributed by atoms with E-state index in [0.29, 0.717) is 6.42 Å². The predicted molar refractivity (Wildman–Crippen MR) is 91.7 cm³/mol. The number of unbranched alkanes of at least 4 members (excludes halogenated alkanes) is 10. The predicted octanol–water partition coefficient (Wildman–Crippen LogP) is 5.55. The SMILES string of the molecule is CCCCCCCCC=CCCCCCCC(=NO)C(=O)O. The van der Waals surface area contributed by atoms with Crippen LogP contribution in [-0.2, 0) is 4.79 Å². The molecule has 0 fully saturated rings. The summed E-state index contributed by atoms with van der Waals surface area (Å²) in [6.07, 6.45) is 19.3. The molecule has 4 nitrogen and oxygen atoms in total. The first kappa shape index (κ1) is 20.7. The van der Waals surface area contributed by atoms with Crippen molar-refractivity contribution in [3.8, 4) is 0 Å². The molecule has 0 aromatic heterocycles. The number of carboxylic acid groups (broad SMARTS) is 1. The van der Waals surface area contributed by atoms with Crippen molar-refractivity contribution in [2.45, 2.75) is 90.4 Å². The van der Waals surface area contributed by atoms with Gasteiger partial charge in [0.15, 0.2) is 5.71 Å². The lowest BCUT2D eigenvalue weighted by atomic mass is 10.1. The normalized spacial score (nSPS) is 12.1. The number of carbonyl (C=O) groups is 1. The molecule has 22 heavy (non-hydrogen) atoms. The Morgan fingerprint density at radius 2 is 1.36 bits per heavy atom. The van der Waals surface area contributed by atoms with Gasteiger partial charge in [0.1, 0.15) is 0 Å². The number of aliphatic carboxylic acids is 1. The first-order valence-corrected chi connectivity index (χ1v) is 8.81. The molecule has 0 aliphatic heterocycles. The van der Waals surface area contributed by atoms with Crippen molar-refractivity contribution >= 4 is 11.7 Å². The van der Waals surface area contributed by atoms with Crippen LogP contribution in [-0.4, -0.2) is 22.0 Å². The number of hydrogen-bond acceptors (Lipinski definition) is 3. The van der Waals surface area contributed by atoms with E-state index < -0.39 is 5.97 Å². The van der Waals surface area contributed by atoms with Crippen LogP contribution in [0.4, 0.5) is 0 Å². The Kier molecular flexibility index (Phi) is 15.1. The summed E-state index contributed by atoms with van der Waals surface area (Å²) in [5.41, 5.74) is -0.140. The fourth-order valence-electron chi connectivity index (χ4n) is 2.39. The second-order valence-corrected chi connectivity index (χ2v) is 5.83. The Balaban J connectivity index is 3.29. The molecule has 0 aromatic rings. The highest BCUT2D eigenvalue weighted by Gasteiger charge is 2.08. The molecule has 0 radical (unpaired) electrons. The van der Waals surface area contributed by atoms with Crippen LogP contribution >= 0.6 is 0 Å². The molecule has 0 amide bonds. The van der Waals surface area contributed by atoms with E-state index in [1.54, 1.807) is 0 Å². The summed E-state index contributed by atoms with van der Waals surface area (Å²) in [6, 6.07) is 0. The zero-order valence-corrected chi connectivity index (χ0v) is 14.1. The standard InChI is InChI=1S/C18H33NO3/c1-2-3-4-5-6-7-8-9-10-11-12-13-14-15-16-17(19-22)18(20)21/h9-10,22H,2-8,11-16H2,1H3,(H,20,21). The van der Waals surface area contributed by atoms with E-state index in [1.807, 2.05) is 0 Å². The molecule has 0 aliphatic carbocycles. The number of rotatable bonds is 15. The molecule has 0 rings (SSSR count). The van der Waals surface area contributed by atoms with Gasteiger partial charge in [-0.3, -0.25) is 0 Å². The molecule has 4 heteroatoms. The molecule has 0 saturated heterocycles. The molecule has 2 N–H and O–H groups in total. The zero-order chi connectivity index (χ0) is 16.5. The molecule has 0 spiro atoms. The van der Waals surface area contributed by atoms with E-state index in [4.69, 9.17) is 10.3 Å². The van der Waals surface area contributed by atoms with Crippen molar-refractivity contribution in [2.24, 2.45) is 5.16 Å². The Labute approximate surface area is 135 Å². The van der Waals surface area contributed by atoms with Crippen LogP contribution in [0.1, 0.15) is 90.4 Å². The van der Waals surface area contributed by atoms with Crippen molar-refractivity contribution in [2.75, 3.05) is 0 Å². The smallest absolute Gasteiger partial charge is 0.353 e. The number of oxime groups is 1. The Hall–Kier alpha value is -1.32. The maximum absolute atomic E-state index is 10.6. The van der Waals surface area contributed by atoms with Crippen LogP contribution in [0.2, 0.25) is 0 Å². The maximum Gasteiger partial charge on any atom is 0.353 e. The van der Waals surface area contributed by atoms with E-state index in [9.17, 15) is 4.79 Å². The van der Waals surface area contributed by atoms with E-state index in [0.717, 1.165) is 32.1 Å². The largest absolute Gasteiger partial charge is 0.477 e. The molecule has 0 aliphatic rings. The van der Waals surface area contributed by atoms with Gasteiger partial charge in [-0.2, -0.15) is 0 Å². The fourth-order valence-corrected chi connectivity index (χ4v) is 2.39. The summed E-state index contributed by atoms with van der Waals surface area (Å²) in [4.78, 5) is 10.6. The second kappa shape index (κ2) is 16.1. The van der Waals surface area contributed by atoms with Crippen molar-refractivity contribution in [1.29, 1.82) is 0 Å². The fraction of sp³-hybridized carbons (Fsp3) is 0.778. The van der Waals surface area contributed by atoms with Crippen molar-refractivity contribution in [3.63, 3.8) is 0 Å². The van der Waals surface area contributed by atoms with E-state index in [2.05, 4.69) is 24.2 Å². The molecule has 0 aromatic carbocycles. The van der Waals surface area contributed by atoms with Gasteiger partial charge >= 0.3 is 5.97 Å². The van der Waals surface area contributed by atoms with Gasteiger partial charge in [0.05, 0.1) is 0 Å². The van der Waals surface area contributed by atoms with Crippen molar-refractivity contribution in [1.82, 2.24) is 0 Å². The summed E-state index contributed by atoms with van der Waals surface area (Å²) >= 11 is 0. The highest BCUT2D eigenvalue weighted by molar-refractivity contribution is 6.35. The minimum absolute atomic E-state index is 0.140. The molecule has 0 unspecified atom stereocenters. The van der Waals surface area contributed by atoms with Gasteiger partial charge in [0, 0.05) is 6.42 Å². The average Bonchev–Trinajstić information content (AvgIpc) is 2.51. The molecule has 0 atom stereocenters. The zero-order valence-electron chi connectivity index (χ0n) is 14.1. The van der Waals surface area contributed by atoms with Crippen LogP contribution < -0.4 is 0 Å². The lowest BCUT2D eigenvalue weighted by Gasteiger charge is -2.00. The topological polar surface area (TPSA) is 69.9 Å². The van der Waals surface area contributed by atoms with Gasteiger partial charge < -0.3 is 10.3 Å². The van der Waals surface area contributed by atoms with Gasteiger partial charge in [-0.1, -0.05) is 69.2 Å². The quantitative estimate of drug-likeness (QED) is 0.137. The molecular formula is C18H33NO3. The highest BCUT2D eigenvalue weighted by Crippen LogP contribution is 2.09.